The highest BCUT2D eigenvalue weighted by molar-refractivity contribution is 4.91. The van der Waals surface area contributed by atoms with Crippen molar-refractivity contribution in [2.45, 2.75) is 57.7 Å². The lowest BCUT2D eigenvalue weighted by atomic mass is 10.0. The predicted molar refractivity (Wildman–Crippen MR) is 74.4 cm³/mol. The minimum Gasteiger partial charge on any atom is -0.337 e. The summed E-state index contributed by atoms with van der Waals surface area (Å²) in [6, 6.07) is 1.23. The van der Waals surface area contributed by atoms with Gasteiger partial charge in [-0.25, -0.2) is 4.98 Å². The Bertz CT molecular complexity index is 339. The van der Waals surface area contributed by atoms with Crippen molar-refractivity contribution in [3.05, 3.63) is 18.2 Å². The quantitative estimate of drug-likeness (QED) is 0.837. The molecular formula is C14H26N4. The van der Waals surface area contributed by atoms with Gasteiger partial charge in [0.25, 0.3) is 0 Å². The molecule has 0 spiro atoms. The first kappa shape index (κ1) is 13.6. The van der Waals surface area contributed by atoms with E-state index in [1.807, 2.05) is 19.4 Å². The van der Waals surface area contributed by atoms with Gasteiger partial charge in [0.1, 0.15) is 5.82 Å². The standard InChI is InChI=1S/C14H26N4/c1-12(10-13-6-4-3-5-7-15-13)17-11-14-16-8-9-18(14)2/h8-9,12-13,15,17H,3-7,10-11H2,1-2H3. The summed E-state index contributed by atoms with van der Waals surface area (Å²) < 4.78 is 2.07. The van der Waals surface area contributed by atoms with E-state index in [1.54, 1.807) is 0 Å². The molecule has 4 heteroatoms. The molecule has 4 nitrogen and oxygen atoms in total. The van der Waals surface area contributed by atoms with Gasteiger partial charge in [-0.15, -0.1) is 0 Å². The van der Waals surface area contributed by atoms with E-state index in [4.69, 9.17) is 0 Å². The number of nitrogens with one attached hydrogen (secondary N) is 2. The Morgan fingerprint density at radius 1 is 1.50 bits per heavy atom. The van der Waals surface area contributed by atoms with Crippen molar-refractivity contribution < 1.29 is 0 Å². The molecule has 2 heterocycles. The zero-order valence-electron chi connectivity index (χ0n) is 11.7. The van der Waals surface area contributed by atoms with E-state index in [-0.39, 0.29) is 0 Å². The molecule has 0 radical (unpaired) electrons. The maximum atomic E-state index is 4.33. The smallest absolute Gasteiger partial charge is 0.122 e. The Balaban J connectivity index is 1.71. The average molecular weight is 250 g/mol. The first-order valence-corrected chi connectivity index (χ1v) is 7.18. The number of hydrogen-bond donors (Lipinski definition) is 2. The van der Waals surface area contributed by atoms with Crippen LogP contribution in [0.2, 0.25) is 0 Å². The van der Waals surface area contributed by atoms with Crippen LogP contribution in [0.15, 0.2) is 12.4 Å². The number of rotatable bonds is 5. The van der Waals surface area contributed by atoms with Crippen LogP contribution in [0.25, 0.3) is 0 Å². The normalized spacial score (nSPS) is 22.7. The SMILES string of the molecule is CC(CC1CCCCCN1)NCc1nccn1C. The summed E-state index contributed by atoms with van der Waals surface area (Å²) >= 11 is 0. The Hall–Kier alpha value is -0.870. The van der Waals surface area contributed by atoms with Gasteiger partial charge < -0.3 is 15.2 Å². The van der Waals surface area contributed by atoms with Gasteiger partial charge in [0.2, 0.25) is 0 Å². The number of imidazole rings is 1. The first-order valence-electron chi connectivity index (χ1n) is 7.18. The summed E-state index contributed by atoms with van der Waals surface area (Å²) in [5, 5.41) is 7.23. The predicted octanol–water partition coefficient (Wildman–Crippen LogP) is 1.82. The van der Waals surface area contributed by atoms with Crippen LogP contribution in [0.1, 0.15) is 44.9 Å². The monoisotopic (exact) mass is 250 g/mol. The number of nitrogens with zero attached hydrogens (tertiary/aromatic N) is 2. The fraction of sp³-hybridized carbons (Fsp3) is 0.786. The van der Waals surface area contributed by atoms with E-state index in [2.05, 4.69) is 27.1 Å². The van der Waals surface area contributed by atoms with Gasteiger partial charge in [-0.1, -0.05) is 12.8 Å². The summed E-state index contributed by atoms with van der Waals surface area (Å²) in [4.78, 5) is 4.33. The molecule has 0 saturated carbocycles. The molecule has 0 aliphatic carbocycles. The lowest BCUT2D eigenvalue weighted by Crippen LogP contribution is -2.36. The second-order valence-corrected chi connectivity index (χ2v) is 5.47. The van der Waals surface area contributed by atoms with Crippen molar-refractivity contribution in [3.63, 3.8) is 0 Å². The molecule has 0 bridgehead atoms. The number of aromatic nitrogens is 2. The maximum absolute atomic E-state index is 4.33. The third-order valence-electron chi connectivity index (χ3n) is 3.83. The molecule has 1 aromatic heterocycles. The summed E-state index contributed by atoms with van der Waals surface area (Å²) in [5.41, 5.74) is 0. The molecule has 0 aromatic carbocycles. The highest BCUT2D eigenvalue weighted by atomic mass is 15.1. The van der Waals surface area contributed by atoms with Crippen molar-refractivity contribution in [2.75, 3.05) is 6.54 Å². The highest BCUT2D eigenvalue weighted by Gasteiger charge is 2.14. The second kappa shape index (κ2) is 6.90. The summed E-state index contributed by atoms with van der Waals surface area (Å²) in [6.45, 7) is 4.32. The third kappa shape index (κ3) is 4.10. The molecule has 2 N–H and O–H groups in total. The summed E-state index contributed by atoms with van der Waals surface area (Å²) in [6.07, 6.45) is 10.5. The Morgan fingerprint density at radius 3 is 3.17 bits per heavy atom. The van der Waals surface area contributed by atoms with E-state index in [0.29, 0.717) is 12.1 Å². The molecule has 2 unspecified atom stereocenters. The molecule has 1 aromatic rings. The molecule has 0 amide bonds. The average Bonchev–Trinajstić information content (AvgIpc) is 2.61. The Kier molecular flexibility index (Phi) is 5.20. The van der Waals surface area contributed by atoms with Crippen LogP contribution < -0.4 is 10.6 Å². The largest absolute Gasteiger partial charge is 0.337 e. The molecule has 102 valence electrons. The molecule has 2 atom stereocenters. The maximum Gasteiger partial charge on any atom is 0.122 e. The van der Waals surface area contributed by atoms with E-state index in [9.17, 15) is 0 Å². The van der Waals surface area contributed by atoms with Gasteiger partial charge in [0.15, 0.2) is 0 Å². The topological polar surface area (TPSA) is 41.9 Å². The lowest BCUT2D eigenvalue weighted by Gasteiger charge is -2.21. The molecule has 2 rings (SSSR count). The van der Waals surface area contributed by atoms with Crippen molar-refractivity contribution in [1.82, 2.24) is 20.2 Å². The molecule has 1 fully saturated rings. The number of hydrogen-bond acceptors (Lipinski definition) is 3. The fourth-order valence-electron chi connectivity index (χ4n) is 2.64. The minimum absolute atomic E-state index is 0.539. The van der Waals surface area contributed by atoms with Gasteiger partial charge in [0.05, 0.1) is 6.54 Å². The lowest BCUT2D eigenvalue weighted by molar-refractivity contribution is 0.398. The first-order chi connectivity index (χ1) is 8.75. The third-order valence-corrected chi connectivity index (χ3v) is 3.83. The Labute approximate surface area is 110 Å². The van der Waals surface area contributed by atoms with E-state index < -0.39 is 0 Å². The second-order valence-electron chi connectivity index (χ2n) is 5.47. The zero-order chi connectivity index (χ0) is 12.8. The van der Waals surface area contributed by atoms with Crippen LogP contribution in [-0.2, 0) is 13.6 Å². The van der Waals surface area contributed by atoms with Crippen LogP contribution in [0.5, 0.6) is 0 Å². The molecule has 18 heavy (non-hydrogen) atoms. The minimum atomic E-state index is 0.539. The molecule has 1 aliphatic heterocycles. The van der Waals surface area contributed by atoms with Crippen LogP contribution >= 0.6 is 0 Å². The van der Waals surface area contributed by atoms with Gasteiger partial charge in [-0.3, -0.25) is 0 Å². The van der Waals surface area contributed by atoms with Crippen molar-refractivity contribution >= 4 is 0 Å². The van der Waals surface area contributed by atoms with Crippen LogP contribution in [0, 0.1) is 0 Å². The Morgan fingerprint density at radius 2 is 2.39 bits per heavy atom. The van der Waals surface area contributed by atoms with Gasteiger partial charge in [-0.05, 0) is 32.7 Å². The van der Waals surface area contributed by atoms with E-state index >= 15 is 0 Å². The fourth-order valence-corrected chi connectivity index (χ4v) is 2.64. The summed E-state index contributed by atoms with van der Waals surface area (Å²) in [7, 11) is 2.04. The van der Waals surface area contributed by atoms with Crippen LogP contribution in [-0.4, -0.2) is 28.2 Å². The van der Waals surface area contributed by atoms with E-state index in [0.717, 1.165) is 12.4 Å². The van der Waals surface area contributed by atoms with Crippen LogP contribution in [0.3, 0.4) is 0 Å². The van der Waals surface area contributed by atoms with Crippen molar-refractivity contribution in [2.24, 2.45) is 7.05 Å². The zero-order valence-corrected chi connectivity index (χ0v) is 11.7. The number of aryl methyl sites for hydroxylation is 1. The molecule has 1 saturated heterocycles. The van der Waals surface area contributed by atoms with Crippen molar-refractivity contribution in [3.8, 4) is 0 Å². The molecule has 1 aliphatic rings. The summed E-state index contributed by atoms with van der Waals surface area (Å²) in [5.74, 6) is 1.11. The molecular weight excluding hydrogens is 224 g/mol. The van der Waals surface area contributed by atoms with Gasteiger partial charge >= 0.3 is 0 Å². The highest BCUT2D eigenvalue weighted by Crippen LogP contribution is 2.12. The van der Waals surface area contributed by atoms with Crippen LogP contribution in [0.4, 0.5) is 0 Å². The van der Waals surface area contributed by atoms with Gasteiger partial charge in [0, 0.05) is 31.5 Å². The van der Waals surface area contributed by atoms with Gasteiger partial charge in [-0.2, -0.15) is 0 Å². The van der Waals surface area contributed by atoms with Crippen molar-refractivity contribution in [1.29, 1.82) is 0 Å². The van der Waals surface area contributed by atoms with E-state index in [1.165, 1.54) is 38.6 Å².